The molecular weight excluding hydrogens is 360 g/mol. The van der Waals surface area contributed by atoms with E-state index in [0.29, 0.717) is 21.3 Å². The fraction of sp³-hybridized carbons (Fsp3) is 0.0588. The first-order chi connectivity index (χ1) is 12.1. The average Bonchev–Trinajstić information content (AvgIpc) is 3.10. The predicted octanol–water partition coefficient (Wildman–Crippen LogP) is 3.37. The zero-order valence-corrected chi connectivity index (χ0v) is 14.5. The number of anilines is 1. The number of hydrogen-bond donors (Lipinski definition) is 2. The molecule has 0 unspecified atom stereocenters. The van der Waals surface area contributed by atoms with Crippen LogP contribution in [0.5, 0.6) is 0 Å². The molecule has 0 atom stereocenters. The topological polar surface area (TPSA) is 84.0 Å². The van der Waals surface area contributed by atoms with Gasteiger partial charge in [-0.05, 0) is 30.3 Å². The number of para-hydroxylation sites is 1. The molecule has 2 amide bonds. The van der Waals surface area contributed by atoms with Gasteiger partial charge in [-0.3, -0.25) is 9.59 Å². The number of halogens is 1. The SMILES string of the molecule is O=C(NCc1nnc(C(=O)Nc2ccccc2)s1)c1cccc(Cl)c1. The first-order valence-electron chi connectivity index (χ1n) is 7.34. The number of nitrogens with one attached hydrogen (secondary N) is 2. The summed E-state index contributed by atoms with van der Waals surface area (Å²) in [5.74, 6) is -0.607. The highest BCUT2D eigenvalue weighted by Crippen LogP contribution is 2.14. The van der Waals surface area contributed by atoms with Crippen molar-refractivity contribution in [3.63, 3.8) is 0 Å². The number of benzene rings is 2. The number of carbonyl (C=O) groups excluding carboxylic acids is 2. The number of carbonyl (C=O) groups is 2. The number of hydrogen-bond acceptors (Lipinski definition) is 5. The molecule has 0 saturated carbocycles. The van der Waals surface area contributed by atoms with Crippen molar-refractivity contribution in [1.82, 2.24) is 15.5 Å². The van der Waals surface area contributed by atoms with Crippen LogP contribution in [0.15, 0.2) is 54.6 Å². The van der Waals surface area contributed by atoms with Crippen LogP contribution in [-0.4, -0.2) is 22.0 Å². The second-order valence-corrected chi connectivity index (χ2v) is 6.51. The molecule has 0 fully saturated rings. The van der Waals surface area contributed by atoms with Gasteiger partial charge in [0.15, 0.2) is 0 Å². The summed E-state index contributed by atoms with van der Waals surface area (Å²) in [6.45, 7) is 0.182. The Morgan fingerprint density at radius 3 is 2.56 bits per heavy atom. The summed E-state index contributed by atoms with van der Waals surface area (Å²) in [5, 5.41) is 14.5. The van der Waals surface area contributed by atoms with Gasteiger partial charge >= 0.3 is 0 Å². The number of rotatable bonds is 5. The van der Waals surface area contributed by atoms with E-state index in [1.807, 2.05) is 18.2 Å². The van der Waals surface area contributed by atoms with Crippen molar-refractivity contribution in [2.75, 3.05) is 5.32 Å². The Morgan fingerprint density at radius 1 is 1.00 bits per heavy atom. The Kier molecular flexibility index (Phi) is 5.37. The van der Waals surface area contributed by atoms with Crippen LogP contribution in [0.1, 0.15) is 25.2 Å². The molecule has 6 nitrogen and oxygen atoms in total. The molecule has 0 spiro atoms. The lowest BCUT2D eigenvalue weighted by atomic mass is 10.2. The minimum absolute atomic E-state index is 0.182. The van der Waals surface area contributed by atoms with Crippen molar-refractivity contribution in [1.29, 1.82) is 0 Å². The standard InChI is InChI=1S/C17H13ClN4O2S/c18-12-6-4-5-11(9-12)15(23)19-10-14-21-22-17(25-14)16(24)20-13-7-2-1-3-8-13/h1-9H,10H2,(H,19,23)(H,20,24). The summed E-state index contributed by atoms with van der Waals surface area (Å²) in [6.07, 6.45) is 0. The van der Waals surface area contributed by atoms with Gasteiger partial charge in [-0.1, -0.05) is 47.2 Å². The van der Waals surface area contributed by atoms with E-state index in [1.54, 1.807) is 36.4 Å². The molecule has 25 heavy (non-hydrogen) atoms. The van der Waals surface area contributed by atoms with E-state index in [1.165, 1.54) is 0 Å². The molecule has 0 aliphatic rings. The minimum atomic E-state index is -0.337. The van der Waals surface area contributed by atoms with E-state index >= 15 is 0 Å². The van der Waals surface area contributed by atoms with Crippen LogP contribution in [0.3, 0.4) is 0 Å². The maximum atomic E-state index is 12.1. The van der Waals surface area contributed by atoms with Crippen molar-refractivity contribution in [2.24, 2.45) is 0 Å². The molecule has 8 heteroatoms. The predicted molar refractivity (Wildman–Crippen MR) is 96.9 cm³/mol. The molecule has 0 aliphatic heterocycles. The highest BCUT2D eigenvalue weighted by Gasteiger charge is 2.14. The lowest BCUT2D eigenvalue weighted by molar-refractivity contribution is 0.0950. The zero-order chi connectivity index (χ0) is 17.6. The van der Waals surface area contributed by atoms with Gasteiger partial charge in [-0.2, -0.15) is 0 Å². The van der Waals surface area contributed by atoms with Crippen LogP contribution in [0, 0.1) is 0 Å². The fourth-order valence-corrected chi connectivity index (χ4v) is 2.88. The lowest BCUT2D eigenvalue weighted by Gasteiger charge is -2.03. The molecule has 126 valence electrons. The first kappa shape index (κ1) is 17.1. The van der Waals surface area contributed by atoms with Gasteiger partial charge in [0.25, 0.3) is 11.8 Å². The monoisotopic (exact) mass is 372 g/mol. The maximum absolute atomic E-state index is 12.1. The van der Waals surface area contributed by atoms with Crippen molar-refractivity contribution in [2.45, 2.75) is 6.54 Å². The Hall–Kier alpha value is -2.77. The molecule has 0 bridgehead atoms. The van der Waals surface area contributed by atoms with Crippen LogP contribution in [-0.2, 0) is 6.54 Å². The third kappa shape index (κ3) is 4.62. The lowest BCUT2D eigenvalue weighted by Crippen LogP contribution is -2.22. The van der Waals surface area contributed by atoms with E-state index in [0.717, 1.165) is 11.3 Å². The van der Waals surface area contributed by atoms with Crippen molar-refractivity contribution in [3.8, 4) is 0 Å². The molecule has 0 aliphatic carbocycles. The van der Waals surface area contributed by atoms with E-state index in [2.05, 4.69) is 20.8 Å². The van der Waals surface area contributed by atoms with Gasteiger partial charge in [0.1, 0.15) is 5.01 Å². The quantitative estimate of drug-likeness (QED) is 0.719. The Labute approximate surface area is 152 Å². The largest absolute Gasteiger partial charge is 0.345 e. The summed E-state index contributed by atoms with van der Waals surface area (Å²) in [7, 11) is 0. The highest BCUT2D eigenvalue weighted by molar-refractivity contribution is 7.13. The molecule has 3 rings (SSSR count). The summed E-state index contributed by atoms with van der Waals surface area (Å²) in [5.41, 5.74) is 1.14. The van der Waals surface area contributed by atoms with E-state index < -0.39 is 0 Å². The number of amides is 2. The molecular formula is C17H13ClN4O2S. The average molecular weight is 373 g/mol. The highest BCUT2D eigenvalue weighted by atomic mass is 35.5. The molecule has 2 N–H and O–H groups in total. The van der Waals surface area contributed by atoms with Crippen molar-refractivity contribution >= 4 is 40.4 Å². The Balaban J connectivity index is 1.58. The third-order valence-corrected chi connectivity index (χ3v) is 4.34. The second kappa shape index (κ2) is 7.87. The fourth-order valence-electron chi connectivity index (χ4n) is 2.01. The van der Waals surface area contributed by atoms with Crippen LogP contribution in [0.2, 0.25) is 5.02 Å². The van der Waals surface area contributed by atoms with Gasteiger partial charge in [-0.15, -0.1) is 10.2 Å². The molecule has 0 radical (unpaired) electrons. The van der Waals surface area contributed by atoms with Gasteiger partial charge in [-0.25, -0.2) is 0 Å². The third-order valence-electron chi connectivity index (χ3n) is 3.18. The summed E-state index contributed by atoms with van der Waals surface area (Å²) in [4.78, 5) is 24.2. The maximum Gasteiger partial charge on any atom is 0.286 e. The number of aromatic nitrogens is 2. The van der Waals surface area contributed by atoms with E-state index in [-0.39, 0.29) is 23.4 Å². The normalized spacial score (nSPS) is 10.3. The Bertz CT molecular complexity index is 898. The number of nitrogens with zero attached hydrogens (tertiary/aromatic N) is 2. The van der Waals surface area contributed by atoms with Gasteiger partial charge in [0.2, 0.25) is 5.01 Å². The first-order valence-corrected chi connectivity index (χ1v) is 8.54. The van der Waals surface area contributed by atoms with E-state index in [9.17, 15) is 9.59 Å². The van der Waals surface area contributed by atoms with Crippen LogP contribution < -0.4 is 10.6 Å². The summed E-state index contributed by atoms with van der Waals surface area (Å²) < 4.78 is 0. The zero-order valence-electron chi connectivity index (χ0n) is 12.9. The van der Waals surface area contributed by atoms with Crippen LogP contribution in [0.4, 0.5) is 5.69 Å². The van der Waals surface area contributed by atoms with Crippen molar-refractivity contribution < 1.29 is 9.59 Å². The second-order valence-electron chi connectivity index (χ2n) is 5.01. The van der Waals surface area contributed by atoms with Gasteiger partial charge in [0, 0.05) is 16.3 Å². The smallest absolute Gasteiger partial charge is 0.286 e. The van der Waals surface area contributed by atoms with Crippen LogP contribution in [0.25, 0.3) is 0 Å². The van der Waals surface area contributed by atoms with Crippen molar-refractivity contribution in [3.05, 3.63) is 75.2 Å². The van der Waals surface area contributed by atoms with Gasteiger partial charge < -0.3 is 10.6 Å². The molecule has 1 aromatic heterocycles. The minimum Gasteiger partial charge on any atom is -0.345 e. The molecule has 2 aromatic carbocycles. The molecule has 3 aromatic rings. The summed E-state index contributed by atoms with van der Waals surface area (Å²) in [6, 6.07) is 15.7. The van der Waals surface area contributed by atoms with Crippen LogP contribution >= 0.6 is 22.9 Å². The van der Waals surface area contributed by atoms with E-state index in [4.69, 9.17) is 11.6 Å². The molecule has 1 heterocycles. The Morgan fingerprint density at radius 2 is 1.80 bits per heavy atom. The van der Waals surface area contributed by atoms with Gasteiger partial charge in [0.05, 0.1) is 6.54 Å². The summed E-state index contributed by atoms with van der Waals surface area (Å²) >= 11 is 6.99. The molecule has 0 saturated heterocycles.